The molecule has 0 fully saturated rings. The lowest BCUT2D eigenvalue weighted by Crippen LogP contribution is -2.43. The van der Waals surface area contributed by atoms with Gasteiger partial charge in [-0.3, -0.25) is 19.1 Å². The number of rotatable bonds is 7. The van der Waals surface area contributed by atoms with Crippen molar-refractivity contribution in [2.45, 2.75) is 19.5 Å². The summed E-state index contributed by atoms with van der Waals surface area (Å²) in [6.45, 7) is 2.26. The zero-order valence-electron chi connectivity index (χ0n) is 15.0. The van der Waals surface area contributed by atoms with Crippen molar-refractivity contribution in [1.29, 1.82) is 0 Å². The molecule has 0 aliphatic carbocycles. The Bertz CT molecular complexity index is 775. The molecule has 2 aromatic heterocycles. The normalized spacial score (nSPS) is 11.5. The van der Waals surface area contributed by atoms with Crippen LogP contribution in [0.5, 0.6) is 0 Å². The Morgan fingerprint density at radius 1 is 1.19 bits per heavy atom. The molecule has 9 heteroatoms. The first-order chi connectivity index (χ1) is 12.4. The number of nitrogens with zero attached hydrogens (tertiary/aromatic N) is 4. The SMILES string of the molecule is CNC(=O)c1cccc(C(=O)NC(C)CN(C)C(=O)Cn2cccn2)n1. The van der Waals surface area contributed by atoms with Gasteiger partial charge in [-0.05, 0) is 25.1 Å². The summed E-state index contributed by atoms with van der Waals surface area (Å²) in [5.41, 5.74) is 0.308. The van der Waals surface area contributed by atoms with Crippen LogP contribution in [0, 0.1) is 0 Å². The molecule has 2 N–H and O–H groups in total. The molecule has 0 radical (unpaired) electrons. The maximum atomic E-state index is 12.3. The monoisotopic (exact) mass is 358 g/mol. The van der Waals surface area contributed by atoms with Crippen molar-refractivity contribution < 1.29 is 14.4 Å². The molecule has 0 aliphatic heterocycles. The molecule has 0 saturated carbocycles. The van der Waals surface area contributed by atoms with Crippen molar-refractivity contribution in [2.24, 2.45) is 0 Å². The zero-order chi connectivity index (χ0) is 19.1. The molecular weight excluding hydrogens is 336 g/mol. The Labute approximate surface area is 151 Å². The van der Waals surface area contributed by atoms with E-state index in [9.17, 15) is 14.4 Å². The number of hydrogen-bond acceptors (Lipinski definition) is 5. The lowest BCUT2D eigenvalue weighted by atomic mass is 10.2. The molecule has 2 heterocycles. The highest BCUT2D eigenvalue weighted by molar-refractivity contribution is 5.96. The van der Waals surface area contributed by atoms with Crippen LogP contribution in [0.2, 0.25) is 0 Å². The molecule has 138 valence electrons. The molecule has 3 amide bonds. The van der Waals surface area contributed by atoms with Crippen molar-refractivity contribution >= 4 is 17.7 Å². The largest absolute Gasteiger partial charge is 0.354 e. The van der Waals surface area contributed by atoms with E-state index in [1.165, 1.54) is 28.8 Å². The van der Waals surface area contributed by atoms with E-state index < -0.39 is 5.91 Å². The molecule has 1 unspecified atom stereocenters. The number of carbonyl (C=O) groups is 3. The second-order valence-corrected chi connectivity index (χ2v) is 5.84. The van der Waals surface area contributed by atoms with Gasteiger partial charge in [0.25, 0.3) is 11.8 Å². The fraction of sp³-hybridized carbons (Fsp3) is 0.353. The molecule has 0 aromatic carbocycles. The first-order valence-corrected chi connectivity index (χ1v) is 8.12. The lowest BCUT2D eigenvalue weighted by molar-refractivity contribution is -0.131. The predicted molar refractivity (Wildman–Crippen MR) is 94.4 cm³/mol. The van der Waals surface area contributed by atoms with E-state index >= 15 is 0 Å². The van der Waals surface area contributed by atoms with Crippen molar-refractivity contribution in [2.75, 3.05) is 20.6 Å². The van der Waals surface area contributed by atoms with Crippen LogP contribution in [0.15, 0.2) is 36.7 Å². The quantitative estimate of drug-likeness (QED) is 0.719. The minimum Gasteiger partial charge on any atom is -0.354 e. The first-order valence-electron chi connectivity index (χ1n) is 8.12. The molecule has 0 spiro atoms. The van der Waals surface area contributed by atoms with Crippen molar-refractivity contribution in [3.63, 3.8) is 0 Å². The highest BCUT2D eigenvalue weighted by Gasteiger charge is 2.17. The van der Waals surface area contributed by atoms with Gasteiger partial charge in [0.2, 0.25) is 5.91 Å². The van der Waals surface area contributed by atoms with Crippen LogP contribution >= 0.6 is 0 Å². The highest BCUT2D eigenvalue weighted by atomic mass is 16.2. The molecular formula is C17H22N6O3. The van der Waals surface area contributed by atoms with E-state index in [1.807, 2.05) is 0 Å². The van der Waals surface area contributed by atoms with E-state index in [4.69, 9.17) is 0 Å². The molecule has 2 aromatic rings. The topological polar surface area (TPSA) is 109 Å². The third kappa shape index (κ3) is 5.13. The Morgan fingerprint density at radius 3 is 2.50 bits per heavy atom. The van der Waals surface area contributed by atoms with E-state index in [0.29, 0.717) is 6.54 Å². The van der Waals surface area contributed by atoms with Crippen LogP contribution in [-0.2, 0) is 11.3 Å². The van der Waals surface area contributed by atoms with Gasteiger partial charge in [-0.15, -0.1) is 0 Å². The maximum Gasteiger partial charge on any atom is 0.270 e. The number of pyridine rings is 1. The van der Waals surface area contributed by atoms with E-state index in [-0.39, 0.29) is 35.8 Å². The van der Waals surface area contributed by atoms with Crippen molar-refractivity contribution in [1.82, 2.24) is 30.3 Å². The van der Waals surface area contributed by atoms with Crippen LogP contribution in [0.1, 0.15) is 27.9 Å². The summed E-state index contributed by atoms with van der Waals surface area (Å²) in [6, 6.07) is 6.11. The van der Waals surface area contributed by atoms with Crippen molar-refractivity contribution in [3.8, 4) is 0 Å². The first kappa shape index (κ1) is 19.1. The van der Waals surface area contributed by atoms with Crippen LogP contribution in [0.25, 0.3) is 0 Å². The Kier molecular flexibility index (Phi) is 6.42. The standard InChI is InChI=1S/C17H22N6O3/c1-12(10-22(3)15(24)11-23-9-5-8-19-23)20-17(26)14-7-4-6-13(21-14)16(25)18-2/h4-9,12H,10-11H2,1-3H3,(H,18,25)(H,20,26). The van der Waals surface area contributed by atoms with Gasteiger partial charge < -0.3 is 15.5 Å². The Morgan fingerprint density at radius 2 is 1.88 bits per heavy atom. The molecule has 9 nitrogen and oxygen atoms in total. The fourth-order valence-electron chi connectivity index (χ4n) is 2.32. The number of nitrogens with one attached hydrogen (secondary N) is 2. The van der Waals surface area contributed by atoms with E-state index in [0.717, 1.165) is 0 Å². The molecule has 1 atom stereocenters. The van der Waals surface area contributed by atoms with Gasteiger partial charge in [0.05, 0.1) is 0 Å². The minimum atomic E-state index is -0.406. The van der Waals surface area contributed by atoms with Crippen LogP contribution in [0.4, 0.5) is 0 Å². The maximum absolute atomic E-state index is 12.3. The number of amides is 3. The fourth-order valence-corrected chi connectivity index (χ4v) is 2.32. The summed E-state index contributed by atoms with van der Waals surface area (Å²) < 4.78 is 1.54. The van der Waals surface area contributed by atoms with Crippen LogP contribution < -0.4 is 10.6 Å². The summed E-state index contributed by atoms with van der Waals surface area (Å²) >= 11 is 0. The molecule has 0 bridgehead atoms. The van der Waals surface area contributed by atoms with Gasteiger partial charge in [0.15, 0.2) is 0 Å². The summed E-state index contributed by atoms with van der Waals surface area (Å²) in [4.78, 5) is 41.6. The van der Waals surface area contributed by atoms with E-state index in [1.54, 1.807) is 38.5 Å². The van der Waals surface area contributed by atoms with Gasteiger partial charge in [0.1, 0.15) is 17.9 Å². The predicted octanol–water partition coefficient (Wildman–Crippen LogP) is -0.0854. The van der Waals surface area contributed by atoms with Gasteiger partial charge in [0, 0.05) is 39.1 Å². The number of carbonyl (C=O) groups excluding carboxylic acids is 3. The third-order valence-electron chi connectivity index (χ3n) is 3.65. The average Bonchev–Trinajstić information content (AvgIpc) is 3.13. The van der Waals surface area contributed by atoms with Gasteiger partial charge in [-0.1, -0.05) is 6.07 Å². The number of hydrogen-bond donors (Lipinski definition) is 2. The summed E-state index contributed by atoms with van der Waals surface area (Å²) in [7, 11) is 3.16. The van der Waals surface area contributed by atoms with Gasteiger partial charge in [-0.25, -0.2) is 4.98 Å². The minimum absolute atomic E-state index is 0.116. The number of aromatic nitrogens is 3. The van der Waals surface area contributed by atoms with Crippen LogP contribution in [-0.4, -0.2) is 64.1 Å². The molecule has 0 saturated heterocycles. The lowest BCUT2D eigenvalue weighted by Gasteiger charge is -2.22. The number of likely N-dealkylation sites (N-methyl/N-ethyl adjacent to an activating group) is 1. The zero-order valence-corrected chi connectivity index (χ0v) is 15.0. The summed E-state index contributed by atoms with van der Waals surface area (Å²) in [5, 5.41) is 9.23. The summed E-state index contributed by atoms with van der Waals surface area (Å²) in [6.07, 6.45) is 3.32. The second kappa shape index (κ2) is 8.75. The molecule has 2 rings (SSSR count). The van der Waals surface area contributed by atoms with Gasteiger partial charge >= 0.3 is 0 Å². The average molecular weight is 358 g/mol. The van der Waals surface area contributed by atoms with Crippen molar-refractivity contribution in [3.05, 3.63) is 48.0 Å². The van der Waals surface area contributed by atoms with Crippen LogP contribution in [0.3, 0.4) is 0 Å². The summed E-state index contributed by atoms with van der Waals surface area (Å²) in [5.74, 6) is -0.887. The van der Waals surface area contributed by atoms with E-state index in [2.05, 4.69) is 20.7 Å². The molecule has 26 heavy (non-hydrogen) atoms. The second-order valence-electron chi connectivity index (χ2n) is 5.84. The van der Waals surface area contributed by atoms with Gasteiger partial charge in [-0.2, -0.15) is 5.10 Å². The Balaban J connectivity index is 1.90. The highest BCUT2D eigenvalue weighted by Crippen LogP contribution is 2.01. The third-order valence-corrected chi connectivity index (χ3v) is 3.65. The smallest absolute Gasteiger partial charge is 0.270 e. The Hall–Kier alpha value is -3.23. The molecule has 0 aliphatic rings.